The molecule has 1 aromatic rings. The quantitative estimate of drug-likeness (QED) is 0.835. The summed E-state index contributed by atoms with van der Waals surface area (Å²) in [4.78, 5) is 27.0. The third-order valence-corrected chi connectivity index (χ3v) is 4.08. The van der Waals surface area contributed by atoms with E-state index in [1.54, 1.807) is 30.3 Å². The van der Waals surface area contributed by atoms with E-state index in [-0.39, 0.29) is 34.3 Å². The van der Waals surface area contributed by atoms with E-state index < -0.39 is 0 Å². The van der Waals surface area contributed by atoms with Gasteiger partial charge >= 0.3 is 0 Å². The molecule has 0 radical (unpaired) electrons. The van der Waals surface area contributed by atoms with Crippen molar-refractivity contribution in [3.63, 3.8) is 0 Å². The number of halogens is 1. The molecule has 0 saturated carbocycles. The smallest absolute Gasteiger partial charge is 0.205 e. The Morgan fingerprint density at radius 2 is 1.45 bits per heavy atom. The first kappa shape index (κ1) is 16.5. The molecule has 3 nitrogen and oxygen atoms in total. The minimum atomic E-state index is -0.294. The molecule has 0 amide bonds. The lowest BCUT2D eigenvalue weighted by molar-refractivity contribution is 0.0983. The Hall–Kier alpha value is -1.87. The van der Waals surface area contributed by atoms with Gasteiger partial charge in [-0.15, -0.1) is 0 Å². The van der Waals surface area contributed by atoms with Crippen molar-refractivity contribution in [1.82, 2.24) is 4.90 Å². The van der Waals surface area contributed by atoms with E-state index in [1.807, 2.05) is 6.20 Å². The molecule has 4 heteroatoms. The summed E-state index contributed by atoms with van der Waals surface area (Å²) in [5.74, 6) is -0.499. The summed E-state index contributed by atoms with van der Waals surface area (Å²) in [6.07, 6.45) is 3.49. The number of ketones is 2. The molecule has 0 fully saturated rings. The van der Waals surface area contributed by atoms with Gasteiger partial charge < -0.3 is 4.90 Å². The monoisotopic (exact) mass is 317 g/mol. The summed E-state index contributed by atoms with van der Waals surface area (Å²) in [5.41, 5.74) is 1.05. The fourth-order valence-electron chi connectivity index (χ4n) is 2.61. The van der Waals surface area contributed by atoms with Crippen LogP contribution in [0.5, 0.6) is 0 Å². The predicted octanol–water partition coefficient (Wildman–Crippen LogP) is 4.19. The fraction of sp³-hybridized carbons (Fsp3) is 0.333. The Morgan fingerprint density at radius 3 is 1.95 bits per heavy atom. The average molecular weight is 318 g/mol. The molecule has 0 N–H and O–H groups in total. The molecule has 0 heterocycles. The number of allylic oxidation sites excluding steroid dienone is 3. The minimum absolute atomic E-state index is 0.00703. The van der Waals surface area contributed by atoms with Crippen molar-refractivity contribution in [2.75, 3.05) is 0 Å². The van der Waals surface area contributed by atoms with Crippen LogP contribution in [-0.2, 0) is 0 Å². The van der Waals surface area contributed by atoms with E-state index in [4.69, 9.17) is 11.6 Å². The summed E-state index contributed by atoms with van der Waals surface area (Å²) >= 11 is 6.14. The van der Waals surface area contributed by atoms with E-state index >= 15 is 0 Å². The highest BCUT2D eigenvalue weighted by atomic mass is 35.5. The van der Waals surface area contributed by atoms with Crippen LogP contribution >= 0.6 is 11.6 Å². The zero-order valence-corrected chi connectivity index (χ0v) is 14.0. The van der Waals surface area contributed by atoms with Crippen molar-refractivity contribution in [2.45, 2.75) is 39.8 Å². The van der Waals surface area contributed by atoms with Crippen LogP contribution in [-0.4, -0.2) is 28.6 Å². The van der Waals surface area contributed by atoms with Crippen molar-refractivity contribution < 1.29 is 9.59 Å². The van der Waals surface area contributed by atoms with Gasteiger partial charge in [-0.2, -0.15) is 0 Å². The number of Topliss-reactive ketones (excluding diaryl/α,β-unsaturated/α-hetero) is 2. The summed E-state index contributed by atoms with van der Waals surface area (Å²) in [6.45, 7) is 8.29. The van der Waals surface area contributed by atoms with Crippen LogP contribution in [0.3, 0.4) is 0 Å². The normalized spacial score (nSPS) is 15.2. The van der Waals surface area contributed by atoms with Crippen molar-refractivity contribution in [3.05, 3.63) is 58.3 Å². The Morgan fingerprint density at radius 1 is 0.955 bits per heavy atom. The Kier molecular flexibility index (Phi) is 4.87. The van der Waals surface area contributed by atoms with E-state index in [0.29, 0.717) is 11.1 Å². The molecule has 116 valence electrons. The average Bonchev–Trinajstić information content (AvgIpc) is 2.47. The molecule has 0 unspecified atom stereocenters. The summed E-state index contributed by atoms with van der Waals surface area (Å²) in [6, 6.07) is 7.35. The van der Waals surface area contributed by atoms with Gasteiger partial charge in [0.2, 0.25) is 5.78 Å². The van der Waals surface area contributed by atoms with Crippen LogP contribution in [0.25, 0.3) is 0 Å². The first-order valence-electron chi connectivity index (χ1n) is 7.38. The molecule has 0 saturated heterocycles. The van der Waals surface area contributed by atoms with Gasteiger partial charge in [-0.05, 0) is 33.8 Å². The Balaban J connectivity index is 2.41. The summed E-state index contributed by atoms with van der Waals surface area (Å²) < 4.78 is 0. The van der Waals surface area contributed by atoms with Crippen molar-refractivity contribution in [3.8, 4) is 0 Å². The zero-order valence-electron chi connectivity index (χ0n) is 13.3. The molecule has 2 rings (SSSR count). The van der Waals surface area contributed by atoms with Gasteiger partial charge in [0.1, 0.15) is 0 Å². The SMILES string of the molecule is CC(C)N(/C=C/C1=C(Cl)C(=O)c2ccccc2C1=O)C(C)C. The largest absolute Gasteiger partial charge is 0.373 e. The van der Waals surface area contributed by atoms with E-state index in [0.717, 1.165) is 0 Å². The number of nitrogens with zero attached hydrogens (tertiary/aromatic N) is 1. The van der Waals surface area contributed by atoms with Crippen LogP contribution < -0.4 is 0 Å². The van der Waals surface area contributed by atoms with Crippen LogP contribution in [0.4, 0.5) is 0 Å². The summed E-state index contributed by atoms with van der Waals surface area (Å²) in [5, 5.41) is -0.00703. The first-order valence-corrected chi connectivity index (χ1v) is 7.76. The maximum absolute atomic E-state index is 12.6. The molecule has 0 atom stereocenters. The van der Waals surface area contributed by atoms with Crippen LogP contribution in [0.2, 0.25) is 0 Å². The van der Waals surface area contributed by atoms with Gasteiger partial charge in [0.05, 0.1) is 5.03 Å². The van der Waals surface area contributed by atoms with Gasteiger partial charge in [0.25, 0.3) is 0 Å². The maximum Gasteiger partial charge on any atom is 0.205 e. The number of carbonyl (C=O) groups excluding carboxylic acids is 2. The lowest BCUT2D eigenvalue weighted by Crippen LogP contribution is -2.32. The highest BCUT2D eigenvalue weighted by Crippen LogP contribution is 2.29. The molecular formula is C18H20ClNO2. The van der Waals surface area contributed by atoms with Gasteiger partial charge in [-0.25, -0.2) is 0 Å². The lowest BCUT2D eigenvalue weighted by atomic mass is 9.89. The second-order valence-electron chi connectivity index (χ2n) is 5.88. The molecule has 1 aliphatic rings. The standard InChI is InChI=1S/C18H20ClNO2/c1-11(2)20(12(3)4)10-9-15-16(19)18(22)14-8-6-5-7-13(14)17(15)21/h5-12H,1-4H3/b10-9+. The molecule has 1 aromatic carbocycles. The third-order valence-electron chi connectivity index (χ3n) is 3.70. The summed E-state index contributed by atoms with van der Waals surface area (Å²) in [7, 11) is 0. The van der Waals surface area contributed by atoms with Crippen LogP contribution in [0, 0.1) is 0 Å². The highest BCUT2D eigenvalue weighted by Gasteiger charge is 2.29. The van der Waals surface area contributed by atoms with Gasteiger partial charge in [0.15, 0.2) is 5.78 Å². The number of carbonyl (C=O) groups is 2. The van der Waals surface area contributed by atoms with Gasteiger partial charge in [-0.1, -0.05) is 35.9 Å². The van der Waals surface area contributed by atoms with Crippen molar-refractivity contribution in [2.24, 2.45) is 0 Å². The van der Waals surface area contributed by atoms with Crippen LogP contribution in [0.15, 0.2) is 47.1 Å². The number of fused-ring (bicyclic) bond motifs is 1. The molecule has 0 bridgehead atoms. The lowest BCUT2D eigenvalue weighted by Gasteiger charge is -2.29. The van der Waals surface area contributed by atoms with Crippen molar-refractivity contribution >= 4 is 23.2 Å². The number of hydrogen-bond donors (Lipinski definition) is 0. The van der Waals surface area contributed by atoms with E-state index in [2.05, 4.69) is 32.6 Å². The maximum atomic E-state index is 12.6. The number of rotatable bonds is 4. The molecule has 1 aliphatic carbocycles. The zero-order chi connectivity index (χ0) is 16.4. The number of benzene rings is 1. The van der Waals surface area contributed by atoms with Crippen molar-refractivity contribution in [1.29, 1.82) is 0 Å². The molecule has 0 spiro atoms. The molecule has 0 aliphatic heterocycles. The Labute approximate surface area is 136 Å². The topological polar surface area (TPSA) is 37.4 Å². The molecule has 22 heavy (non-hydrogen) atoms. The minimum Gasteiger partial charge on any atom is -0.373 e. The third kappa shape index (κ3) is 3.00. The second-order valence-corrected chi connectivity index (χ2v) is 6.26. The Bertz CT molecular complexity index is 663. The van der Waals surface area contributed by atoms with E-state index in [9.17, 15) is 9.59 Å². The molecule has 0 aromatic heterocycles. The number of hydrogen-bond acceptors (Lipinski definition) is 3. The van der Waals surface area contributed by atoms with Crippen LogP contribution in [0.1, 0.15) is 48.4 Å². The predicted molar refractivity (Wildman–Crippen MR) is 89.2 cm³/mol. The first-order chi connectivity index (χ1) is 10.3. The fourth-order valence-corrected chi connectivity index (χ4v) is 2.87. The molecular weight excluding hydrogens is 298 g/mol. The second kappa shape index (κ2) is 6.49. The highest BCUT2D eigenvalue weighted by molar-refractivity contribution is 6.50. The van der Waals surface area contributed by atoms with Gasteiger partial charge in [-0.3, -0.25) is 9.59 Å². The van der Waals surface area contributed by atoms with Gasteiger partial charge in [0, 0.05) is 35.0 Å². The van der Waals surface area contributed by atoms with E-state index in [1.165, 1.54) is 0 Å².